The number of rotatable bonds is 7. The molecule has 1 amide bonds. The number of pyridine rings is 1. The summed E-state index contributed by atoms with van der Waals surface area (Å²) in [4.78, 5) is 16.1. The molecule has 110 valence electrons. The van der Waals surface area contributed by atoms with E-state index in [1.54, 1.807) is 18.3 Å². The van der Waals surface area contributed by atoms with Crippen LogP contribution in [0.2, 0.25) is 0 Å². The quantitative estimate of drug-likeness (QED) is 0.829. The molecule has 20 heavy (non-hydrogen) atoms. The molecular formula is C15H22N2O3. The summed E-state index contributed by atoms with van der Waals surface area (Å²) in [6.45, 7) is 4.10. The molecular weight excluding hydrogens is 256 g/mol. The second-order valence-corrected chi connectivity index (χ2v) is 5.26. The standard InChI is InChI=1S/C15H22N2O3/c1-3-20-11-15(6-4-7-15)10-17-14(18)12-5-8-16-13(9-12)19-2/h5,8-9H,3-4,6-7,10-11H2,1-2H3,(H,17,18). The van der Waals surface area contributed by atoms with E-state index >= 15 is 0 Å². The maximum absolute atomic E-state index is 12.1. The van der Waals surface area contributed by atoms with Crippen molar-refractivity contribution in [3.63, 3.8) is 0 Å². The fraction of sp³-hybridized carbons (Fsp3) is 0.600. The summed E-state index contributed by atoms with van der Waals surface area (Å²) < 4.78 is 10.6. The van der Waals surface area contributed by atoms with E-state index in [2.05, 4.69) is 10.3 Å². The van der Waals surface area contributed by atoms with Gasteiger partial charge in [-0.15, -0.1) is 0 Å². The van der Waals surface area contributed by atoms with Crippen LogP contribution >= 0.6 is 0 Å². The lowest BCUT2D eigenvalue weighted by Crippen LogP contribution is -2.45. The van der Waals surface area contributed by atoms with Crippen LogP contribution in [0.3, 0.4) is 0 Å². The minimum atomic E-state index is -0.0894. The Bertz CT molecular complexity index is 458. The van der Waals surface area contributed by atoms with Crippen LogP contribution in [-0.2, 0) is 4.74 Å². The maximum Gasteiger partial charge on any atom is 0.251 e. The first-order valence-corrected chi connectivity index (χ1v) is 7.05. The summed E-state index contributed by atoms with van der Waals surface area (Å²) in [5.41, 5.74) is 0.700. The van der Waals surface area contributed by atoms with Crippen molar-refractivity contribution in [2.45, 2.75) is 26.2 Å². The molecule has 1 heterocycles. The van der Waals surface area contributed by atoms with Crippen LogP contribution in [0.4, 0.5) is 0 Å². The van der Waals surface area contributed by atoms with Gasteiger partial charge in [0.25, 0.3) is 5.91 Å². The van der Waals surface area contributed by atoms with Gasteiger partial charge < -0.3 is 14.8 Å². The molecule has 1 saturated carbocycles. The van der Waals surface area contributed by atoms with Gasteiger partial charge >= 0.3 is 0 Å². The van der Waals surface area contributed by atoms with Crippen LogP contribution in [0.5, 0.6) is 5.88 Å². The Morgan fingerprint density at radius 2 is 2.30 bits per heavy atom. The van der Waals surface area contributed by atoms with Gasteiger partial charge in [-0.25, -0.2) is 4.98 Å². The molecule has 1 N–H and O–H groups in total. The maximum atomic E-state index is 12.1. The first-order valence-electron chi connectivity index (χ1n) is 7.05. The van der Waals surface area contributed by atoms with Crippen LogP contribution in [0.1, 0.15) is 36.5 Å². The molecule has 0 unspecified atom stereocenters. The third-order valence-corrected chi connectivity index (χ3v) is 3.86. The van der Waals surface area contributed by atoms with E-state index in [0.29, 0.717) is 18.0 Å². The summed E-state index contributed by atoms with van der Waals surface area (Å²) in [5, 5.41) is 3.00. The number of nitrogens with one attached hydrogen (secondary N) is 1. The van der Waals surface area contributed by atoms with E-state index in [1.807, 2.05) is 6.92 Å². The van der Waals surface area contributed by atoms with E-state index in [-0.39, 0.29) is 11.3 Å². The van der Waals surface area contributed by atoms with Gasteiger partial charge in [-0.05, 0) is 25.8 Å². The van der Waals surface area contributed by atoms with Crippen LogP contribution in [0.25, 0.3) is 0 Å². The SMILES string of the molecule is CCOCC1(CNC(=O)c2ccnc(OC)c2)CCC1. The molecule has 2 rings (SSSR count). The number of aromatic nitrogens is 1. The normalized spacial score (nSPS) is 16.3. The molecule has 5 nitrogen and oxygen atoms in total. The van der Waals surface area contributed by atoms with Gasteiger partial charge in [-0.2, -0.15) is 0 Å². The lowest BCUT2D eigenvalue weighted by molar-refractivity contribution is -0.000184. The van der Waals surface area contributed by atoms with Crippen LogP contribution in [0.15, 0.2) is 18.3 Å². The van der Waals surface area contributed by atoms with Crippen LogP contribution in [0, 0.1) is 5.41 Å². The predicted molar refractivity (Wildman–Crippen MR) is 75.9 cm³/mol. The van der Waals surface area contributed by atoms with Gasteiger partial charge in [-0.1, -0.05) is 6.42 Å². The molecule has 1 aliphatic rings. The number of nitrogens with zero attached hydrogens (tertiary/aromatic N) is 1. The van der Waals surface area contributed by atoms with Crippen molar-refractivity contribution in [1.82, 2.24) is 10.3 Å². The predicted octanol–water partition coefficient (Wildman–Crippen LogP) is 2.03. The smallest absolute Gasteiger partial charge is 0.251 e. The lowest BCUT2D eigenvalue weighted by atomic mass is 9.69. The Hall–Kier alpha value is -1.62. The molecule has 1 aromatic heterocycles. The van der Waals surface area contributed by atoms with Crippen LogP contribution in [-0.4, -0.2) is 37.8 Å². The van der Waals surface area contributed by atoms with Crippen molar-refractivity contribution >= 4 is 5.91 Å². The lowest BCUT2D eigenvalue weighted by Gasteiger charge is -2.41. The minimum Gasteiger partial charge on any atom is -0.481 e. The Kier molecular flexibility index (Phi) is 4.95. The van der Waals surface area contributed by atoms with Crippen molar-refractivity contribution in [1.29, 1.82) is 0 Å². The molecule has 0 saturated heterocycles. The number of methoxy groups -OCH3 is 1. The second-order valence-electron chi connectivity index (χ2n) is 5.26. The van der Waals surface area contributed by atoms with Crippen LogP contribution < -0.4 is 10.1 Å². The number of hydrogen-bond acceptors (Lipinski definition) is 4. The average molecular weight is 278 g/mol. The minimum absolute atomic E-state index is 0.0894. The van der Waals surface area contributed by atoms with Gasteiger partial charge in [0.15, 0.2) is 0 Å². The number of carbonyl (C=O) groups excluding carboxylic acids is 1. The first-order chi connectivity index (χ1) is 9.69. The topological polar surface area (TPSA) is 60.5 Å². The van der Waals surface area contributed by atoms with Crippen molar-refractivity contribution in [3.8, 4) is 5.88 Å². The zero-order chi connectivity index (χ0) is 14.4. The molecule has 0 bridgehead atoms. The summed E-state index contributed by atoms with van der Waals surface area (Å²) in [5.74, 6) is 0.360. The molecule has 5 heteroatoms. The van der Waals surface area contributed by atoms with Gasteiger partial charge in [0.1, 0.15) is 0 Å². The molecule has 1 aromatic rings. The first kappa shape index (κ1) is 14.8. The van der Waals surface area contributed by atoms with E-state index in [4.69, 9.17) is 9.47 Å². The van der Waals surface area contributed by atoms with E-state index in [9.17, 15) is 4.79 Å². The van der Waals surface area contributed by atoms with Crippen molar-refractivity contribution < 1.29 is 14.3 Å². The number of ether oxygens (including phenoxy) is 2. The highest BCUT2D eigenvalue weighted by atomic mass is 16.5. The zero-order valence-electron chi connectivity index (χ0n) is 12.1. The average Bonchev–Trinajstić information content (AvgIpc) is 2.45. The van der Waals surface area contributed by atoms with Gasteiger partial charge in [0, 0.05) is 36.4 Å². The van der Waals surface area contributed by atoms with Gasteiger partial charge in [0.05, 0.1) is 13.7 Å². The van der Waals surface area contributed by atoms with Crippen molar-refractivity contribution in [2.24, 2.45) is 5.41 Å². The van der Waals surface area contributed by atoms with E-state index in [1.165, 1.54) is 13.5 Å². The number of amides is 1. The zero-order valence-corrected chi connectivity index (χ0v) is 12.1. The second kappa shape index (κ2) is 6.70. The third-order valence-electron chi connectivity index (χ3n) is 3.86. The van der Waals surface area contributed by atoms with E-state index < -0.39 is 0 Å². The highest BCUT2D eigenvalue weighted by Crippen LogP contribution is 2.40. The fourth-order valence-corrected chi connectivity index (χ4v) is 2.40. The van der Waals surface area contributed by atoms with Crippen molar-refractivity contribution in [3.05, 3.63) is 23.9 Å². The largest absolute Gasteiger partial charge is 0.481 e. The summed E-state index contributed by atoms with van der Waals surface area (Å²) >= 11 is 0. The van der Waals surface area contributed by atoms with E-state index in [0.717, 1.165) is 26.1 Å². The van der Waals surface area contributed by atoms with Crippen molar-refractivity contribution in [2.75, 3.05) is 26.9 Å². The Balaban J connectivity index is 1.90. The Morgan fingerprint density at radius 3 is 2.90 bits per heavy atom. The summed E-state index contributed by atoms with van der Waals surface area (Å²) in [7, 11) is 1.54. The molecule has 1 fully saturated rings. The fourth-order valence-electron chi connectivity index (χ4n) is 2.40. The van der Waals surface area contributed by atoms with Gasteiger partial charge in [0.2, 0.25) is 5.88 Å². The monoisotopic (exact) mass is 278 g/mol. The number of hydrogen-bond donors (Lipinski definition) is 1. The molecule has 1 aliphatic carbocycles. The molecule has 0 radical (unpaired) electrons. The molecule has 0 atom stereocenters. The highest BCUT2D eigenvalue weighted by molar-refractivity contribution is 5.94. The Labute approximate surface area is 119 Å². The summed E-state index contributed by atoms with van der Waals surface area (Å²) in [6, 6.07) is 3.33. The molecule has 0 aromatic carbocycles. The Morgan fingerprint density at radius 1 is 1.50 bits per heavy atom. The molecule has 0 aliphatic heterocycles. The molecule has 0 spiro atoms. The summed E-state index contributed by atoms with van der Waals surface area (Å²) in [6.07, 6.45) is 5.03. The highest BCUT2D eigenvalue weighted by Gasteiger charge is 2.37. The third kappa shape index (κ3) is 3.48. The number of carbonyl (C=O) groups is 1. The van der Waals surface area contributed by atoms with Gasteiger partial charge in [-0.3, -0.25) is 4.79 Å².